The van der Waals surface area contributed by atoms with Crippen LogP contribution in [0.15, 0.2) is 77.5 Å². The van der Waals surface area contributed by atoms with Gasteiger partial charge in [-0.1, -0.05) is 91.5 Å². The average molecular weight is 839 g/mol. The van der Waals surface area contributed by atoms with Gasteiger partial charge in [0.05, 0.1) is 17.0 Å². The van der Waals surface area contributed by atoms with Crippen LogP contribution in [0.2, 0.25) is 0 Å². The van der Waals surface area contributed by atoms with Gasteiger partial charge in [-0.05, 0) is 61.1 Å². The SMILES string of the molecule is CC(C)Cc1ccnc2c(-c3cc(-c4[c-]c5ccccc5c(C(C)(C)C)c4)ncn3)coc12.CCC(CC)C(=O)/C=C(\O)C(CC)CC.[Ir]. The fourth-order valence-electron chi connectivity index (χ4n) is 6.19. The van der Waals surface area contributed by atoms with Gasteiger partial charge < -0.3 is 9.52 Å². The first-order valence-electron chi connectivity index (χ1n) is 17.5. The second-order valence-corrected chi connectivity index (χ2v) is 14.1. The third kappa shape index (κ3) is 9.73. The standard InChI is InChI=1S/C29H28N3O.C13H24O2.Ir/c1-18(2)12-20-10-11-30-27-23(16-33-28(20)27)26-15-25(31-17-32-26)21-13-19-8-6-7-9-22(19)24(14-21)29(3,4)5;1-5-10(6-2)12(14)9-13(15)11(7-3)8-4;/h6-11,14-18H,12H2,1-5H3;9-11,14H,5-8H2,1-4H3;/q-1;;/b;12-9-;. The molecule has 7 heteroatoms. The molecule has 3 aromatic heterocycles. The van der Waals surface area contributed by atoms with Crippen molar-refractivity contribution >= 4 is 27.7 Å². The number of hydrogen-bond acceptors (Lipinski definition) is 6. The third-order valence-electron chi connectivity index (χ3n) is 9.05. The number of benzene rings is 2. The van der Waals surface area contributed by atoms with Crippen molar-refractivity contribution in [1.29, 1.82) is 0 Å². The molecule has 0 saturated carbocycles. The number of nitrogens with zero attached hydrogens (tertiary/aromatic N) is 3. The fourth-order valence-corrected chi connectivity index (χ4v) is 6.19. The molecule has 1 N–H and O–H groups in total. The van der Waals surface area contributed by atoms with E-state index in [1.54, 1.807) is 12.6 Å². The number of pyridine rings is 1. The van der Waals surface area contributed by atoms with Crippen LogP contribution in [0, 0.1) is 23.8 Å². The quantitative estimate of drug-likeness (QED) is 0.0810. The van der Waals surface area contributed by atoms with Gasteiger partial charge in [-0.15, -0.1) is 29.1 Å². The van der Waals surface area contributed by atoms with Gasteiger partial charge in [-0.25, -0.2) is 4.98 Å². The predicted octanol–water partition coefficient (Wildman–Crippen LogP) is 11.3. The number of furan rings is 1. The summed E-state index contributed by atoms with van der Waals surface area (Å²) in [6, 6.07) is 18.2. The molecule has 5 rings (SSSR count). The monoisotopic (exact) mass is 839 g/mol. The van der Waals surface area contributed by atoms with Crippen molar-refractivity contribution < 1.29 is 34.4 Å². The molecular weight excluding hydrogens is 787 g/mol. The Labute approximate surface area is 306 Å². The fraction of sp³-hybridized carbons (Fsp3) is 0.429. The number of hydrogen-bond donors (Lipinski definition) is 1. The second kappa shape index (κ2) is 17.8. The van der Waals surface area contributed by atoms with E-state index in [0.29, 0.717) is 5.92 Å². The number of aromatic nitrogens is 3. The molecule has 2 aromatic carbocycles. The van der Waals surface area contributed by atoms with Gasteiger partial charge in [-0.3, -0.25) is 14.8 Å². The number of aliphatic hydroxyl groups excluding tert-OH is 1. The number of aliphatic hydroxyl groups is 1. The molecule has 0 unspecified atom stereocenters. The Hall–Kier alpha value is -3.67. The van der Waals surface area contributed by atoms with Crippen molar-refractivity contribution in [1.82, 2.24) is 15.0 Å². The predicted molar refractivity (Wildman–Crippen MR) is 198 cm³/mol. The zero-order valence-corrected chi connectivity index (χ0v) is 33.0. The normalized spacial score (nSPS) is 12.0. The van der Waals surface area contributed by atoms with Gasteiger partial charge in [0.1, 0.15) is 18.1 Å². The van der Waals surface area contributed by atoms with E-state index in [-0.39, 0.29) is 48.9 Å². The Morgan fingerprint density at radius 3 is 2.20 bits per heavy atom. The first kappa shape index (κ1) is 39.8. The number of allylic oxidation sites excluding steroid dienone is 2. The van der Waals surface area contributed by atoms with Crippen LogP contribution in [-0.4, -0.2) is 25.8 Å². The molecule has 0 amide bonds. The largest absolute Gasteiger partial charge is 0.512 e. The smallest absolute Gasteiger partial charge is 0.162 e. The van der Waals surface area contributed by atoms with Crippen LogP contribution in [-0.2, 0) is 36.7 Å². The summed E-state index contributed by atoms with van der Waals surface area (Å²) >= 11 is 0. The number of rotatable bonds is 11. The van der Waals surface area contributed by atoms with Gasteiger partial charge in [0.15, 0.2) is 11.4 Å². The van der Waals surface area contributed by atoms with Crippen molar-refractivity contribution in [3.8, 4) is 22.5 Å². The molecule has 263 valence electrons. The maximum absolute atomic E-state index is 11.7. The zero-order valence-electron chi connectivity index (χ0n) is 30.6. The summed E-state index contributed by atoms with van der Waals surface area (Å²) in [7, 11) is 0. The Balaban J connectivity index is 0.000000347. The summed E-state index contributed by atoms with van der Waals surface area (Å²) in [6.45, 7) is 19.2. The Morgan fingerprint density at radius 1 is 0.918 bits per heavy atom. The molecule has 3 heterocycles. The van der Waals surface area contributed by atoms with E-state index >= 15 is 0 Å². The van der Waals surface area contributed by atoms with Gasteiger partial charge in [0.25, 0.3) is 0 Å². The van der Waals surface area contributed by atoms with E-state index in [2.05, 4.69) is 86.0 Å². The third-order valence-corrected chi connectivity index (χ3v) is 9.05. The van der Waals surface area contributed by atoms with Crippen LogP contribution < -0.4 is 0 Å². The number of carbonyl (C=O) groups is 1. The van der Waals surface area contributed by atoms with Crippen LogP contribution in [0.5, 0.6) is 0 Å². The van der Waals surface area contributed by atoms with Crippen LogP contribution in [0.4, 0.5) is 0 Å². The van der Waals surface area contributed by atoms with Crippen molar-refractivity contribution in [3.63, 3.8) is 0 Å². The first-order valence-corrected chi connectivity index (χ1v) is 17.5. The molecule has 1 radical (unpaired) electrons. The van der Waals surface area contributed by atoms with E-state index in [9.17, 15) is 9.90 Å². The molecule has 5 aromatic rings. The molecular formula is C42H52IrN3O3-. The molecule has 0 aliphatic heterocycles. The van der Waals surface area contributed by atoms with Gasteiger partial charge in [0.2, 0.25) is 0 Å². The van der Waals surface area contributed by atoms with E-state index < -0.39 is 0 Å². The molecule has 0 atom stereocenters. The maximum Gasteiger partial charge on any atom is 0.162 e. The molecule has 0 bridgehead atoms. The molecule has 6 nitrogen and oxygen atoms in total. The molecule has 0 aliphatic rings. The Kier molecular flexibility index (Phi) is 14.5. The van der Waals surface area contributed by atoms with Crippen LogP contribution in [0.1, 0.15) is 99.1 Å². The van der Waals surface area contributed by atoms with E-state index in [1.807, 2.05) is 46.0 Å². The second-order valence-electron chi connectivity index (χ2n) is 14.1. The van der Waals surface area contributed by atoms with E-state index in [1.165, 1.54) is 22.6 Å². The van der Waals surface area contributed by atoms with Gasteiger partial charge in [-0.2, -0.15) is 0 Å². The topological polar surface area (TPSA) is 89.1 Å². The van der Waals surface area contributed by atoms with Gasteiger partial charge in [0, 0.05) is 49.9 Å². The summed E-state index contributed by atoms with van der Waals surface area (Å²) in [5, 5.41) is 12.1. The minimum Gasteiger partial charge on any atom is -0.512 e. The molecule has 0 saturated heterocycles. The Morgan fingerprint density at radius 2 is 1.57 bits per heavy atom. The first-order chi connectivity index (χ1) is 22.9. The Bertz CT molecular complexity index is 1860. The summed E-state index contributed by atoms with van der Waals surface area (Å²) in [6.07, 6.45) is 11.1. The van der Waals surface area contributed by atoms with Crippen molar-refractivity contribution in [2.75, 3.05) is 0 Å². The number of carbonyl (C=O) groups excluding carboxylic acids is 1. The maximum atomic E-state index is 11.7. The van der Waals surface area contributed by atoms with Crippen molar-refractivity contribution in [3.05, 3.63) is 90.3 Å². The van der Waals surface area contributed by atoms with Gasteiger partial charge >= 0.3 is 0 Å². The van der Waals surface area contributed by atoms with Crippen molar-refractivity contribution in [2.24, 2.45) is 17.8 Å². The van der Waals surface area contributed by atoms with Crippen LogP contribution in [0.25, 0.3) is 44.4 Å². The number of fused-ring (bicyclic) bond motifs is 2. The van der Waals surface area contributed by atoms with Crippen molar-refractivity contribution in [2.45, 2.75) is 99.8 Å². The summed E-state index contributed by atoms with van der Waals surface area (Å²) in [4.78, 5) is 25.5. The molecule has 0 spiro atoms. The van der Waals surface area contributed by atoms with E-state index in [0.717, 1.165) is 71.1 Å². The van der Waals surface area contributed by atoms with E-state index in [4.69, 9.17) is 4.42 Å². The average Bonchev–Trinajstić information content (AvgIpc) is 3.50. The minimum absolute atomic E-state index is 0. The van der Waals surface area contributed by atoms with Crippen LogP contribution >= 0.6 is 0 Å². The molecule has 0 fully saturated rings. The molecule has 0 aliphatic carbocycles. The summed E-state index contributed by atoms with van der Waals surface area (Å²) < 4.78 is 5.97. The zero-order chi connectivity index (χ0) is 35.0. The number of ketones is 1. The summed E-state index contributed by atoms with van der Waals surface area (Å²) in [5.41, 5.74) is 7.62. The summed E-state index contributed by atoms with van der Waals surface area (Å²) in [5.74, 6) is 1.08. The molecule has 49 heavy (non-hydrogen) atoms. The minimum atomic E-state index is -0.00317. The van der Waals surface area contributed by atoms with Crippen LogP contribution in [0.3, 0.4) is 0 Å².